The highest BCUT2D eigenvalue weighted by molar-refractivity contribution is 6.05. The molecule has 0 saturated heterocycles. The van der Waals surface area contributed by atoms with E-state index in [-0.39, 0.29) is 5.91 Å². The first-order valence-electron chi connectivity index (χ1n) is 8.76. The number of hydrogen-bond donors (Lipinski definition) is 0. The Bertz CT molecular complexity index is 1090. The smallest absolute Gasteiger partial charge is 0.259 e. The van der Waals surface area contributed by atoms with Crippen molar-refractivity contribution in [1.82, 2.24) is 25.0 Å². The van der Waals surface area contributed by atoms with Gasteiger partial charge >= 0.3 is 0 Å². The maximum absolute atomic E-state index is 12.9. The molecule has 7 nitrogen and oxygen atoms in total. The third-order valence-corrected chi connectivity index (χ3v) is 4.48. The highest BCUT2D eigenvalue weighted by Crippen LogP contribution is 2.20. The summed E-state index contributed by atoms with van der Waals surface area (Å²) in [6.07, 6.45) is 3.10. The first kappa shape index (κ1) is 17.5. The van der Waals surface area contributed by atoms with Crippen molar-refractivity contribution in [1.29, 1.82) is 0 Å². The van der Waals surface area contributed by atoms with E-state index in [1.54, 1.807) is 30.2 Å². The SMILES string of the molecule is Cc1cc(C(=O)N(C)c2ccc(-c3ccccc3)nn2)ccc1-n1cncn1. The molecule has 2 aromatic heterocycles. The minimum absolute atomic E-state index is 0.157. The van der Waals surface area contributed by atoms with Gasteiger partial charge < -0.3 is 0 Å². The number of aromatic nitrogens is 5. The van der Waals surface area contributed by atoms with E-state index < -0.39 is 0 Å². The van der Waals surface area contributed by atoms with E-state index in [1.165, 1.54) is 11.2 Å². The number of hydrogen-bond acceptors (Lipinski definition) is 5. The van der Waals surface area contributed by atoms with Crippen LogP contribution in [0.3, 0.4) is 0 Å². The molecule has 0 aliphatic carbocycles. The predicted molar refractivity (Wildman–Crippen MR) is 106 cm³/mol. The molecule has 0 aliphatic heterocycles. The molecule has 138 valence electrons. The number of carbonyl (C=O) groups is 1. The predicted octanol–water partition coefficient (Wildman–Crippen LogP) is 3.31. The van der Waals surface area contributed by atoms with Crippen LogP contribution in [0.5, 0.6) is 0 Å². The standard InChI is InChI=1S/C21H18N6O/c1-15-12-17(8-10-19(15)27-14-22-13-23-27)21(28)26(2)20-11-9-18(24-25-20)16-6-4-3-5-7-16/h3-14H,1-2H3. The fourth-order valence-electron chi connectivity index (χ4n) is 2.94. The zero-order valence-corrected chi connectivity index (χ0v) is 15.5. The second-order valence-corrected chi connectivity index (χ2v) is 6.35. The molecule has 0 spiro atoms. The largest absolute Gasteiger partial charge is 0.294 e. The van der Waals surface area contributed by atoms with Gasteiger partial charge in [0.05, 0.1) is 11.4 Å². The summed E-state index contributed by atoms with van der Waals surface area (Å²) < 4.78 is 1.67. The molecule has 0 atom stereocenters. The third-order valence-electron chi connectivity index (χ3n) is 4.48. The molecule has 0 unspecified atom stereocenters. The van der Waals surface area contributed by atoms with Crippen LogP contribution < -0.4 is 4.90 Å². The lowest BCUT2D eigenvalue weighted by Gasteiger charge is -2.17. The number of benzene rings is 2. The summed E-state index contributed by atoms with van der Waals surface area (Å²) in [5, 5.41) is 12.6. The number of nitrogens with zero attached hydrogens (tertiary/aromatic N) is 6. The minimum atomic E-state index is -0.157. The average molecular weight is 370 g/mol. The summed E-state index contributed by atoms with van der Waals surface area (Å²) in [5.41, 5.74) is 4.12. The molecule has 2 aromatic carbocycles. The number of carbonyl (C=O) groups excluding carboxylic acids is 1. The lowest BCUT2D eigenvalue weighted by Crippen LogP contribution is -2.27. The molecule has 7 heteroatoms. The van der Waals surface area contributed by atoms with Gasteiger partial charge in [-0.05, 0) is 42.8 Å². The summed E-state index contributed by atoms with van der Waals surface area (Å²) in [7, 11) is 1.69. The lowest BCUT2D eigenvalue weighted by atomic mass is 10.1. The Labute approximate surface area is 162 Å². The maximum atomic E-state index is 12.9. The number of aryl methyl sites for hydroxylation is 1. The van der Waals surface area contributed by atoms with Gasteiger partial charge in [0.25, 0.3) is 5.91 Å². The zero-order valence-electron chi connectivity index (χ0n) is 15.5. The molecular formula is C21H18N6O. The molecule has 4 rings (SSSR count). The van der Waals surface area contributed by atoms with E-state index in [9.17, 15) is 4.79 Å². The van der Waals surface area contributed by atoms with Gasteiger partial charge in [-0.25, -0.2) is 9.67 Å². The zero-order chi connectivity index (χ0) is 19.5. The topological polar surface area (TPSA) is 76.8 Å². The molecule has 28 heavy (non-hydrogen) atoms. The molecule has 1 amide bonds. The highest BCUT2D eigenvalue weighted by Gasteiger charge is 2.16. The molecular weight excluding hydrogens is 352 g/mol. The van der Waals surface area contributed by atoms with Crippen LogP contribution in [0.15, 0.2) is 73.3 Å². The van der Waals surface area contributed by atoms with Crippen molar-refractivity contribution in [3.8, 4) is 16.9 Å². The first-order chi connectivity index (χ1) is 13.6. The van der Waals surface area contributed by atoms with Crippen molar-refractivity contribution < 1.29 is 4.79 Å². The summed E-state index contributed by atoms with van der Waals surface area (Å²) >= 11 is 0. The van der Waals surface area contributed by atoms with E-state index >= 15 is 0 Å². The molecule has 2 heterocycles. The van der Waals surface area contributed by atoms with Crippen molar-refractivity contribution in [3.05, 3.63) is 84.4 Å². The Hall–Kier alpha value is -3.87. The Balaban J connectivity index is 1.55. The summed E-state index contributed by atoms with van der Waals surface area (Å²) in [6, 6.07) is 18.9. The van der Waals surface area contributed by atoms with Crippen LogP contribution in [0.25, 0.3) is 16.9 Å². The van der Waals surface area contributed by atoms with Gasteiger partial charge in [-0.3, -0.25) is 9.69 Å². The van der Waals surface area contributed by atoms with Gasteiger partial charge in [0.2, 0.25) is 0 Å². The fourth-order valence-corrected chi connectivity index (χ4v) is 2.94. The molecule has 4 aromatic rings. The molecule has 0 saturated carbocycles. The molecule has 0 radical (unpaired) electrons. The summed E-state index contributed by atoms with van der Waals surface area (Å²) in [5.74, 6) is 0.331. The molecule has 0 fully saturated rings. The van der Waals surface area contributed by atoms with Crippen LogP contribution in [0.1, 0.15) is 15.9 Å². The summed E-state index contributed by atoms with van der Waals surface area (Å²) in [4.78, 5) is 18.3. The van der Waals surface area contributed by atoms with E-state index in [0.29, 0.717) is 11.4 Å². The second-order valence-electron chi connectivity index (χ2n) is 6.35. The van der Waals surface area contributed by atoms with Crippen LogP contribution in [-0.2, 0) is 0 Å². The van der Waals surface area contributed by atoms with Crippen LogP contribution >= 0.6 is 0 Å². The van der Waals surface area contributed by atoms with Crippen molar-refractivity contribution in [3.63, 3.8) is 0 Å². The fraction of sp³-hybridized carbons (Fsp3) is 0.0952. The maximum Gasteiger partial charge on any atom is 0.259 e. The van der Waals surface area contributed by atoms with E-state index in [4.69, 9.17) is 0 Å². The van der Waals surface area contributed by atoms with Crippen LogP contribution in [0.2, 0.25) is 0 Å². The van der Waals surface area contributed by atoms with Crippen molar-refractivity contribution >= 4 is 11.7 Å². The van der Waals surface area contributed by atoms with E-state index in [1.807, 2.05) is 55.5 Å². The van der Waals surface area contributed by atoms with Crippen LogP contribution in [0.4, 0.5) is 5.82 Å². The second kappa shape index (κ2) is 7.40. The van der Waals surface area contributed by atoms with Gasteiger partial charge in [0, 0.05) is 18.2 Å². The Morgan fingerprint density at radius 2 is 1.82 bits per heavy atom. The minimum Gasteiger partial charge on any atom is -0.294 e. The van der Waals surface area contributed by atoms with Gasteiger partial charge in [-0.1, -0.05) is 30.3 Å². The van der Waals surface area contributed by atoms with Gasteiger partial charge in [-0.2, -0.15) is 5.10 Å². The van der Waals surface area contributed by atoms with Crippen molar-refractivity contribution in [2.75, 3.05) is 11.9 Å². The van der Waals surface area contributed by atoms with Crippen molar-refractivity contribution in [2.24, 2.45) is 0 Å². The molecule has 0 N–H and O–H groups in total. The van der Waals surface area contributed by atoms with Crippen LogP contribution in [0, 0.1) is 6.92 Å². The number of anilines is 1. The van der Waals surface area contributed by atoms with Gasteiger partial charge in [0.1, 0.15) is 12.7 Å². The lowest BCUT2D eigenvalue weighted by molar-refractivity contribution is 0.0992. The summed E-state index contributed by atoms with van der Waals surface area (Å²) in [6.45, 7) is 1.93. The average Bonchev–Trinajstić information content (AvgIpc) is 3.28. The quantitative estimate of drug-likeness (QED) is 0.551. The third kappa shape index (κ3) is 3.37. The monoisotopic (exact) mass is 370 g/mol. The van der Waals surface area contributed by atoms with Crippen LogP contribution in [-0.4, -0.2) is 37.9 Å². The Kier molecular flexibility index (Phi) is 4.63. The van der Waals surface area contributed by atoms with Gasteiger partial charge in [-0.15, -0.1) is 10.2 Å². The first-order valence-corrected chi connectivity index (χ1v) is 8.76. The number of rotatable bonds is 4. The van der Waals surface area contributed by atoms with E-state index in [2.05, 4.69) is 20.3 Å². The highest BCUT2D eigenvalue weighted by atomic mass is 16.2. The normalized spacial score (nSPS) is 10.6. The Morgan fingerprint density at radius 3 is 2.46 bits per heavy atom. The number of amides is 1. The molecule has 0 bridgehead atoms. The van der Waals surface area contributed by atoms with E-state index in [0.717, 1.165) is 22.5 Å². The van der Waals surface area contributed by atoms with Crippen molar-refractivity contribution in [2.45, 2.75) is 6.92 Å². The molecule has 0 aliphatic rings. The Morgan fingerprint density at radius 1 is 1.00 bits per heavy atom. The van der Waals surface area contributed by atoms with Gasteiger partial charge in [0.15, 0.2) is 5.82 Å².